The van der Waals surface area contributed by atoms with Gasteiger partial charge in [-0.1, -0.05) is 127 Å². The van der Waals surface area contributed by atoms with Crippen molar-refractivity contribution in [1.82, 2.24) is 0 Å². The minimum atomic E-state index is -0.358. The summed E-state index contributed by atoms with van der Waals surface area (Å²) < 4.78 is 0. The molecular formula is C34H24. The normalized spacial score (nSPS) is 14.1. The molecule has 5 aromatic rings. The van der Waals surface area contributed by atoms with Crippen molar-refractivity contribution in [2.24, 2.45) is 0 Å². The summed E-state index contributed by atoms with van der Waals surface area (Å²) in [6.07, 6.45) is 4.59. The molecule has 0 nitrogen and oxygen atoms in total. The van der Waals surface area contributed by atoms with Gasteiger partial charge in [0, 0.05) is 0 Å². The summed E-state index contributed by atoms with van der Waals surface area (Å²) in [5.41, 5.74) is 14.1. The van der Waals surface area contributed by atoms with Crippen molar-refractivity contribution in [3.8, 4) is 22.3 Å². The lowest BCUT2D eigenvalue weighted by Gasteiger charge is -2.35. The predicted octanol–water partition coefficient (Wildman–Crippen LogP) is 8.51. The Morgan fingerprint density at radius 1 is 0.441 bits per heavy atom. The molecule has 2 aliphatic carbocycles. The largest absolute Gasteiger partial charge is 0.0725 e. The summed E-state index contributed by atoms with van der Waals surface area (Å²) in [4.78, 5) is 0. The van der Waals surface area contributed by atoms with E-state index in [1.165, 1.54) is 61.2 Å². The molecule has 0 N–H and O–H groups in total. The van der Waals surface area contributed by atoms with Crippen molar-refractivity contribution in [3.63, 3.8) is 0 Å². The van der Waals surface area contributed by atoms with Crippen LogP contribution in [0.25, 0.3) is 34.4 Å². The van der Waals surface area contributed by atoms with E-state index < -0.39 is 0 Å². The number of aryl methyl sites for hydroxylation is 1. The fourth-order valence-corrected chi connectivity index (χ4v) is 6.08. The third kappa shape index (κ3) is 2.54. The van der Waals surface area contributed by atoms with Crippen molar-refractivity contribution < 1.29 is 0 Å². The van der Waals surface area contributed by atoms with Crippen LogP contribution in [-0.2, 0) is 5.41 Å². The van der Waals surface area contributed by atoms with Crippen LogP contribution in [-0.4, -0.2) is 0 Å². The molecule has 34 heavy (non-hydrogen) atoms. The lowest BCUT2D eigenvalue weighted by molar-refractivity contribution is 0.766. The zero-order valence-electron chi connectivity index (χ0n) is 19.1. The molecule has 0 saturated heterocycles. The average molecular weight is 433 g/mol. The highest BCUT2D eigenvalue weighted by Crippen LogP contribution is 2.58. The van der Waals surface area contributed by atoms with Gasteiger partial charge in [0.15, 0.2) is 0 Å². The maximum absolute atomic E-state index is 2.44. The quantitative estimate of drug-likeness (QED) is 0.244. The predicted molar refractivity (Wildman–Crippen MR) is 143 cm³/mol. The van der Waals surface area contributed by atoms with Crippen LogP contribution >= 0.6 is 0 Å². The van der Waals surface area contributed by atoms with E-state index >= 15 is 0 Å². The van der Waals surface area contributed by atoms with Crippen LogP contribution in [0.2, 0.25) is 0 Å². The molecule has 0 saturated carbocycles. The van der Waals surface area contributed by atoms with Crippen LogP contribution in [0.4, 0.5) is 0 Å². The van der Waals surface area contributed by atoms with E-state index in [0.29, 0.717) is 0 Å². The first kappa shape index (κ1) is 19.3. The SMILES string of the molecule is Cc1ccc(-c2ccc3c(c2)C2(c4ccccc4C=C3)c3ccccc3-c3ccccc32)cc1. The van der Waals surface area contributed by atoms with Gasteiger partial charge in [-0.05, 0) is 68.6 Å². The third-order valence-electron chi connectivity index (χ3n) is 7.60. The number of rotatable bonds is 1. The maximum atomic E-state index is 2.44. The molecule has 0 unspecified atom stereocenters. The Morgan fingerprint density at radius 2 is 0.971 bits per heavy atom. The number of fused-ring (bicyclic) bond motifs is 9. The van der Waals surface area contributed by atoms with Crippen molar-refractivity contribution in [1.29, 1.82) is 0 Å². The highest BCUT2D eigenvalue weighted by molar-refractivity contribution is 5.91. The molecule has 5 aromatic carbocycles. The zero-order chi connectivity index (χ0) is 22.7. The molecule has 0 aromatic heterocycles. The molecule has 0 bridgehead atoms. The fraction of sp³-hybridized carbons (Fsp3) is 0.0588. The molecule has 1 spiro atoms. The minimum Gasteiger partial charge on any atom is -0.0619 e. The highest BCUT2D eigenvalue weighted by atomic mass is 14.5. The van der Waals surface area contributed by atoms with Gasteiger partial charge in [0.25, 0.3) is 0 Å². The third-order valence-corrected chi connectivity index (χ3v) is 7.60. The molecule has 0 radical (unpaired) electrons. The molecule has 0 fully saturated rings. The molecule has 0 heterocycles. The van der Waals surface area contributed by atoms with E-state index in [1.54, 1.807) is 0 Å². The van der Waals surface area contributed by atoms with Crippen LogP contribution in [0.3, 0.4) is 0 Å². The molecule has 0 heteroatoms. The summed E-state index contributed by atoms with van der Waals surface area (Å²) in [5, 5.41) is 0. The van der Waals surface area contributed by atoms with Crippen LogP contribution in [0.5, 0.6) is 0 Å². The summed E-state index contributed by atoms with van der Waals surface area (Å²) in [6, 6.07) is 42.8. The summed E-state index contributed by atoms with van der Waals surface area (Å²) in [7, 11) is 0. The van der Waals surface area contributed by atoms with E-state index in [-0.39, 0.29) is 5.41 Å². The molecule has 7 rings (SSSR count). The van der Waals surface area contributed by atoms with Crippen LogP contribution in [0.1, 0.15) is 38.9 Å². The molecular weight excluding hydrogens is 408 g/mol. The smallest absolute Gasteiger partial charge is 0.0619 e. The van der Waals surface area contributed by atoms with E-state index in [1.807, 2.05) is 0 Å². The number of hydrogen-bond donors (Lipinski definition) is 0. The molecule has 0 aliphatic heterocycles. The van der Waals surface area contributed by atoms with Gasteiger partial charge in [-0.25, -0.2) is 0 Å². The van der Waals surface area contributed by atoms with Gasteiger partial charge >= 0.3 is 0 Å². The Hall–Kier alpha value is -4.16. The molecule has 2 aliphatic rings. The van der Waals surface area contributed by atoms with Gasteiger partial charge in [-0.3, -0.25) is 0 Å². The second-order valence-corrected chi connectivity index (χ2v) is 9.43. The van der Waals surface area contributed by atoms with Crippen LogP contribution in [0.15, 0.2) is 115 Å². The monoisotopic (exact) mass is 432 g/mol. The highest BCUT2D eigenvalue weighted by Gasteiger charge is 2.48. The Morgan fingerprint density at radius 3 is 1.65 bits per heavy atom. The second-order valence-electron chi connectivity index (χ2n) is 9.43. The lowest BCUT2D eigenvalue weighted by Crippen LogP contribution is -2.30. The van der Waals surface area contributed by atoms with Crippen LogP contribution in [0, 0.1) is 6.92 Å². The van der Waals surface area contributed by atoms with Gasteiger partial charge in [0.1, 0.15) is 0 Å². The molecule has 0 amide bonds. The summed E-state index contributed by atoms with van der Waals surface area (Å²) in [6.45, 7) is 2.14. The first-order chi connectivity index (χ1) is 16.8. The van der Waals surface area contributed by atoms with Gasteiger partial charge in [0.2, 0.25) is 0 Å². The maximum Gasteiger partial charge on any atom is 0.0725 e. The van der Waals surface area contributed by atoms with Gasteiger partial charge in [-0.2, -0.15) is 0 Å². The number of hydrogen-bond acceptors (Lipinski definition) is 0. The van der Waals surface area contributed by atoms with Gasteiger partial charge in [-0.15, -0.1) is 0 Å². The summed E-state index contributed by atoms with van der Waals surface area (Å²) >= 11 is 0. The molecule has 160 valence electrons. The first-order valence-electron chi connectivity index (χ1n) is 12.0. The van der Waals surface area contributed by atoms with E-state index in [9.17, 15) is 0 Å². The van der Waals surface area contributed by atoms with Gasteiger partial charge in [0.05, 0.1) is 5.41 Å². The van der Waals surface area contributed by atoms with E-state index in [4.69, 9.17) is 0 Å². The Bertz CT molecular complexity index is 1550. The Balaban J connectivity index is 1.64. The van der Waals surface area contributed by atoms with E-state index in [0.717, 1.165) is 0 Å². The Kier molecular flexibility index (Phi) is 4.07. The second kappa shape index (κ2) is 7.17. The van der Waals surface area contributed by atoms with Crippen molar-refractivity contribution in [2.45, 2.75) is 12.3 Å². The molecule has 0 atom stereocenters. The van der Waals surface area contributed by atoms with Crippen molar-refractivity contribution in [2.75, 3.05) is 0 Å². The fourth-order valence-electron chi connectivity index (χ4n) is 6.08. The standard InChI is InChI=1S/C34H24/c1-23-14-16-24(17-15-23)27-21-20-26-19-18-25-8-2-5-11-30(25)34(33(26)22-27)31-12-6-3-9-28(31)29-10-4-7-13-32(29)34/h2-22H,1H3. The van der Waals surface area contributed by atoms with Gasteiger partial charge < -0.3 is 0 Å². The van der Waals surface area contributed by atoms with Crippen molar-refractivity contribution >= 4 is 12.2 Å². The zero-order valence-corrected chi connectivity index (χ0v) is 19.1. The van der Waals surface area contributed by atoms with Crippen molar-refractivity contribution in [3.05, 3.63) is 154 Å². The lowest BCUT2D eigenvalue weighted by atomic mass is 9.65. The van der Waals surface area contributed by atoms with E-state index in [2.05, 4.69) is 134 Å². The number of benzene rings is 5. The topological polar surface area (TPSA) is 0 Å². The first-order valence-corrected chi connectivity index (χ1v) is 12.0. The Labute approximate surface area is 200 Å². The average Bonchev–Trinajstić information content (AvgIpc) is 3.10. The van der Waals surface area contributed by atoms with Crippen LogP contribution < -0.4 is 0 Å². The summed E-state index contributed by atoms with van der Waals surface area (Å²) in [5.74, 6) is 0. The minimum absolute atomic E-state index is 0.358.